The zero-order chi connectivity index (χ0) is 13.8. The van der Waals surface area contributed by atoms with Gasteiger partial charge < -0.3 is 20.1 Å². The van der Waals surface area contributed by atoms with Gasteiger partial charge in [0.05, 0.1) is 26.3 Å². The molecule has 0 aromatic heterocycles. The van der Waals surface area contributed by atoms with Crippen molar-refractivity contribution >= 4 is 5.91 Å². The van der Waals surface area contributed by atoms with Gasteiger partial charge in [-0.25, -0.2) is 0 Å². The number of nitrogens with one attached hydrogen (secondary N) is 1. The first-order valence-electron chi connectivity index (χ1n) is 6.50. The summed E-state index contributed by atoms with van der Waals surface area (Å²) in [6.07, 6.45) is 2.15. The summed E-state index contributed by atoms with van der Waals surface area (Å²) in [5, 5.41) is 0. The lowest BCUT2D eigenvalue weighted by atomic mass is 10.0. The van der Waals surface area contributed by atoms with E-state index in [2.05, 4.69) is 0 Å². The van der Waals surface area contributed by atoms with Gasteiger partial charge in [-0.1, -0.05) is 0 Å². The van der Waals surface area contributed by atoms with Gasteiger partial charge in [0.2, 0.25) is 0 Å². The molecule has 0 aliphatic carbocycles. The van der Waals surface area contributed by atoms with E-state index in [0.29, 0.717) is 6.54 Å². The Balaban J connectivity index is 2.27. The largest absolute Gasteiger partial charge is 0.497 e. The number of ether oxygens (including phenoxy) is 2. The highest BCUT2D eigenvalue weighted by atomic mass is 16.5. The Labute approximate surface area is 113 Å². The van der Waals surface area contributed by atoms with E-state index < -0.39 is 0 Å². The fourth-order valence-corrected chi connectivity index (χ4v) is 2.83. The Bertz CT molecular complexity index is 462. The van der Waals surface area contributed by atoms with Crippen LogP contribution < -0.4 is 20.1 Å². The first-order valence-corrected chi connectivity index (χ1v) is 6.50. The maximum Gasteiger partial charge on any atom is 0.272 e. The van der Waals surface area contributed by atoms with E-state index in [1.54, 1.807) is 14.2 Å². The van der Waals surface area contributed by atoms with Crippen molar-refractivity contribution in [2.45, 2.75) is 18.9 Å². The van der Waals surface area contributed by atoms with Gasteiger partial charge in [-0.05, 0) is 12.1 Å². The molecule has 1 aromatic rings. The number of carbonyl (C=O) groups is 1. The van der Waals surface area contributed by atoms with E-state index in [1.165, 1.54) is 4.90 Å². The van der Waals surface area contributed by atoms with E-state index >= 15 is 0 Å². The van der Waals surface area contributed by atoms with Crippen molar-refractivity contribution in [2.75, 3.05) is 27.3 Å². The van der Waals surface area contributed by atoms with Crippen molar-refractivity contribution in [1.29, 1.82) is 0 Å². The average molecular weight is 265 g/mol. The molecule has 1 heterocycles. The van der Waals surface area contributed by atoms with E-state index in [4.69, 9.17) is 15.2 Å². The molecule has 5 nitrogen and oxygen atoms in total. The lowest BCUT2D eigenvalue weighted by molar-refractivity contribution is -0.910. The van der Waals surface area contributed by atoms with Gasteiger partial charge >= 0.3 is 0 Å². The molecule has 2 rings (SSSR count). The van der Waals surface area contributed by atoms with Crippen LogP contribution in [0.15, 0.2) is 18.2 Å². The minimum atomic E-state index is -0.255. The van der Waals surface area contributed by atoms with Crippen LogP contribution in [-0.2, 0) is 4.79 Å². The third-order valence-corrected chi connectivity index (χ3v) is 3.70. The maximum absolute atomic E-state index is 11.1. The van der Waals surface area contributed by atoms with E-state index in [0.717, 1.165) is 36.4 Å². The minimum absolute atomic E-state index is 0.255. The SMILES string of the molecule is COc1ccc([C@@H]2CCC[NH+]2CC(N)=O)c(OC)c1. The fourth-order valence-electron chi connectivity index (χ4n) is 2.83. The molecule has 0 radical (unpaired) electrons. The summed E-state index contributed by atoms with van der Waals surface area (Å²) >= 11 is 0. The predicted octanol–water partition coefficient (Wildman–Crippen LogP) is -0.0911. The molecule has 1 fully saturated rings. The van der Waals surface area contributed by atoms with Crippen LogP contribution in [0.2, 0.25) is 0 Å². The van der Waals surface area contributed by atoms with Crippen molar-refractivity contribution < 1.29 is 19.2 Å². The lowest BCUT2D eigenvalue weighted by Gasteiger charge is -2.22. The molecule has 1 aliphatic rings. The highest BCUT2D eigenvalue weighted by molar-refractivity contribution is 5.74. The summed E-state index contributed by atoms with van der Waals surface area (Å²) in [4.78, 5) is 12.4. The molecule has 1 aromatic carbocycles. The van der Waals surface area contributed by atoms with Crippen molar-refractivity contribution in [1.82, 2.24) is 0 Å². The Morgan fingerprint density at radius 2 is 2.21 bits per heavy atom. The summed E-state index contributed by atoms with van der Waals surface area (Å²) in [7, 11) is 3.29. The lowest BCUT2D eigenvalue weighted by Crippen LogP contribution is -3.11. The number of rotatable bonds is 5. The summed E-state index contributed by atoms with van der Waals surface area (Å²) in [6, 6.07) is 6.11. The summed E-state index contributed by atoms with van der Waals surface area (Å²) in [6.45, 7) is 1.35. The van der Waals surface area contributed by atoms with Gasteiger partial charge in [-0.15, -0.1) is 0 Å². The second kappa shape index (κ2) is 5.93. The zero-order valence-electron chi connectivity index (χ0n) is 11.4. The Kier molecular flexibility index (Phi) is 4.27. The molecule has 1 amide bonds. The van der Waals surface area contributed by atoms with Gasteiger partial charge in [0.25, 0.3) is 5.91 Å². The molecule has 5 heteroatoms. The summed E-state index contributed by atoms with van der Waals surface area (Å²) < 4.78 is 10.6. The highest BCUT2D eigenvalue weighted by Gasteiger charge is 2.33. The topological polar surface area (TPSA) is 66.0 Å². The number of amides is 1. The van der Waals surface area contributed by atoms with Gasteiger partial charge in [0.15, 0.2) is 6.54 Å². The van der Waals surface area contributed by atoms with Crippen LogP contribution in [0.3, 0.4) is 0 Å². The molecule has 1 unspecified atom stereocenters. The normalized spacial score (nSPS) is 22.2. The maximum atomic E-state index is 11.1. The number of methoxy groups -OCH3 is 2. The molecule has 2 atom stereocenters. The molecule has 1 saturated heterocycles. The van der Waals surface area contributed by atoms with E-state index in [-0.39, 0.29) is 11.9 Å². The van der Waals surface area contributed by atoms with Gasteiger partial charge in [0.1, 0.15) is 17.5 Å². The van der Waals surface area contributed by atoms with E-state index in [1.807, 2.05) is 18.2 Å². The van der Waals surface area contributed by atoms with Gasteiger partial charge in [-0.3, -0.25) is 4.79 Å². The molecule has 0 spiro atoms. The van der Waals surface area contributed by atoms with Gasteiger partial charge in [-0.2, -0.15) is 0 Å². The molecule has 104 valence electrons. The number of carbonyl (C=O) groups excluding carboxylic acids is 1. The van der Waals surface area contributed by atoms with Crippen LogP contribution in [0.1, 0.15) is 24.4 Å². The Morgan fingerprint density at radius 3 is 2.84 bits per heavy atom. The third kappa shape index (κ3) is 2.98. The molecule has 3 N–H and O–H groups in total. The highest BCUT2D eigenvalue weighted by Crippen LogP contribution is 2.31. The summed E-state index contributed by atoms with van der Waals surface area (Å²) in [5.41, 5.74) is 6.44. The van der Waals surface area contributed by atoms with Gasteiger partial charge in [0, 0.05) is 18.9 Å². The van der Waals surface area contributed by atoms with Crippen LogP contribution >= 0.6 is 0 Å². The number of likely N-dealkylation sites (tertiary alicyclic amines) is 1. The number of primary amides is 1. The Hall–Kier alpha value is -1.75. The Morgan fingerprint density at radius 1 is 1.42 bits per heavy atom. The van der Waals surface area contributed by atoms with Crippen LogP contribution in [0.5, 0.6) is 11.5 Å². The van der Waals surface area contributed by atoms with Crippen LogP contribution in [0.4, 0.5) is 0 Å². The molecule has 19 heavy (non-hydrogen) atoms. The third-order valence-electron chi connectivity index (χ3n) is 3.70. The number of quaternary nitrogens is 1. The zero-order valence-corrected chi connectivity index (χ0v) is 11.4. The monoisotopic (exact) mass is 265 g/mol. The fraction of sp³-hybridized carbons (Fsp3) is 0.500. The second-order valence-corrected chi connectivity index (χ2v) is 4.85. The van der Waals surface area contributed by atoms with Crippen molar-refractivity contribution in [2.24, 2.45) is 5.73 Å². The number of nitrogens with two attached hydrogens (primary N) is 1. The summed E-state index contributed by atoms with van der Waals surface area (Å²) in [5.74, 6) is 1.33. The van der Waals surface area contributed by atoms with Crippen LogP contribution in [-0.4, -0.2) is 33.2 Å². The molecule has 1 aliphatic heterocycles. The predicted molar refractivity (Wildman–Crippen MR) is 71.4 cm³/mol. The van der Waals surface area contributed by atoms with Crippen molar-refractivity contribution in [3.8, 4) is 11.5 Å². The first-order chi connectivity index (χ1) is 9.15. The number of benzene rings is 1. The second-order valence-electron chi connectivity index (χ2n) is 4.85. The molecular formula is C14H21N2O3+. The van der Waals surface area contributed by atoms with Crippen molar-refractivity contribution in [3.63, 3.8) is 0 Å². The first kappa shape index (κ1) is 13.7. The quantitative estimate of drug-likeness (QED) is 0.782. The minimum Gasteiger partial charge on any atom is -0.497 e. The average Bonchev–Trinajstić information content (AvgIpc) is 2.85. The van der Waals surface area contributed by atoms with Crippen LogP contribution in [0, 0.1) is 0 Å². The molecule has 0 bridgehead atoms. The smallest absolute Gasteiger partial charge is 0.272 e. The molecule has 0 saturated carbocycles. The van der Waals surface area contributed by atoms with Crippen molar-refractivity contribution in [3.05, 3.63) is 23.8 Å². The number of hydrogen-bond acceptors (Lipinski definition) is 3. The van der Waals surface area contributed by atoms with Crippen LogP contribution in [0.25, 0.3) is 0 Å². The molecular weight excluding hydrogens is 244 g/mol. The standard InChI is InChI=1S/C14H20N2O3/c1-18-10-5-6-11(13(8-10)19-2)12-4-3-7-16(12)9-14(15)17/h5-6,8,12H,3-4,7,9H2,1-2H3,(H2,15,17)/p+1/t12-/m0/s1. The van der Waals surface area contributed by atoms with E-state index in [9.17, 15) is 4.79 Å². The number of hydrogen-bond donors (Lipinski definition) is 2.